The van der Waals surface area contributed by atoms with Gasteiger partial charge in [0, 0.05) is 75.3 Å². The van der Waals surface area contributed by atoms with E-state index < -0.39 is 94.5 Å². The van der Waals surface area contributed by atoms with E-state index in [1.807, 2.05) is 11.9 Å². The minimum atomic E-state index is -2.22. The molecule has 6 aliphatic rings. The molecular formula is C23H37NO10. The van der Waals surface area contributed by atoms with Gasteiger partial charge in [0.05, 0.1) is 36.6 Å². The molecule has 0 amide bonds. The fourth-order valence-corrected chi connectivity index (χ4v) is 10.6. The molecule has 11 nitrogen and oxygen atoms in total. The Balaban J connectivity index is 1.73. The maximum absolute atomic E-state index is 12.7. The molecule has 0 aromatic carbocycles. The Bertz CT molecular complexity index is 894. The highest BCUT2D eigenvalue weighted by Gasteiger charge is 2.94. The average Bonchev–Trinajstić information content (AvgIpc) is 3.15. The molecule has 5 aliphatic carbocycles. The highest BCUT2D eigenvalue weighted by Crippen LogP contribution is 2.80. The number of aliphatic hydroxyl groups excluding tert-OH is 4. The van der Waals surface area contributed by atoms with Gasteiger partial charge in [-0.1, -0.05) is 0 Å². The lowest BCUT2D eigenvalue weighted by atomic mass is 9.41. The third-order valence-electron chi connectivity index (χ3n) is 11.2. The van der Waals surface area contributed by atoms with Gasteiger partial charge in [0.2, 0.25) is 0 Å². The average molecular weight is 488 g/mol. The summed E-state index contributed by atoms with van der Waals surface area (Å²) >= 11 is 0. The van der Waals surface area contributed by atoms with Crippen molar-refractivity contribution >= 4 is 0 Å². The van der Waals surface area contributed by atoms with Crippen molar-refractivity contribution < 1.29 is 50.0 Å². The summed E-state index contributed by atoms with van der Waals surface area (Å²) in [4.78, 5) is 1.96. The first-order valence-electron chi connectivity index (χ1n) is 12.0. The fourth-order valence-electron chi connectivity index (χ4n) is 10.6. The molecular weight excluding hydrogens is 450 g/mol. The van der Waals surface area contributed by atoms with Gasteiger partial charge in [-0.15, -0.1) is 0 Å². The molecule has 1 unspecified atom stereocenters. The van der Waals surface area contributed by atoms with Crippen molar-refractivity contribution in [2.75, 3.05) is 41.5 Å². The molecule has 1 spiro atoms. The van der Waals surface area contributed by atoms with Crippen LogP contribution in [0.3, 0.4) is 0 Å². The first-order chi connectivity index (χ1) is 15.9. The molecule has 194 valence electrons. The van der Waals surface area contributed by atoms with Crippen LogP contribution in [0.5, 0.6) is 0 Å². The van der Waals surface area contributed by atoms with Crippen molar-refractivity contribution in [3.63, 3.8) is 0 Å². The van der Waals surface area contributed by atoms with E-state index in [-0.39, 0.29) is 13.0 Å². The van der Waals surface area contributed by atoms with Crippen molar-refractivity contribution in [2.24, 2.45) is 28.6 Å². The maximum atomic E-state index is 12.7. The lowest BCUT2D eigenvalue weighted by Crippen LogP contribution is -2.85. The molecule has 1 saturated heterocycles. The van der Waals surface area contributed by atoms with Crippen LogP contribution < -0.4 is 0 Å². The highest BCUT2D eigenvalue weighted by atomic mass is 16.5. The summed E-state index contributed by atoms with van der Waals surface area (Å²) in [7, 11) is 6.36. The van der Waals surface area contributed by atoms with Gasteiger partial charge in [0.25, 0.3) is 0 Å². The Morgan fingerprint density at radius 3 is 2.18 bits per heavy atom. The molecule has 5 saturated carbocycles. The van der Waals surface area contributed by atoms with Crippen LogP contribution in [0.15, 0.2) is 0 Å². The van der Waals surface area contributed by atoms with E-state index >= 15 is 0 Å². The number of nitrogens with zero attached hydrogens (tertiary/aromatic N) is 1. The smallest absolute Gasteiger partial charge is 0.122 e. The Morgan fingerprint density at radius 1 is 0.912 bits per heavy atom. The second kappa shape index (κ2) is 6.70. The number of hydrogen-bond acceptors (Lipinski definition) is 11. The van der Waals surface area contributed by atoms with Crippen molar-refractivity contribution in [1.82, 2.24) is 4.90 Å². The number of rotatable bonds is 4. The van der Waals surface area contributed by atoms with E-state index in [4.69, 9.17) is 14.2 Å². The number of ether oxygens (including phenoxy) is 3. The maximum Gasteiger partial charge on any atom is 0.122 e. The van der Waals surface area contributed by atoms with Gasteiger partial charge in [0.1, 0.15) is 23.4 Å². The molecule has 0 radical (unpaired) electrons. The van der Waals surface area contributed by atoms with Gasteiger partial charge in [0.15, 0.2) is 0 Å². The molecule has 15 atom stereocenters. The van der Waals surface area contributed by atoms with Crippen molar-refractivity contribution in [3.05, 3.63) is 0 Å². The number of piperidine rings is 1. The molecule has 6 fully saturated rings. The molecule has 1 heterocycles. The number of likely N-dealkylation sites (tertiary alicyclic amines) is 1. The SMILES string of the molecule is COC[C@]12CN(C)C3[C@@H]4[C@H](OC)[C@H]1[C@@]3([C@@H](OC)C[C@H]2O)[C@]1(O)C[C@@]2(O)[C@H](O)[C@@H]1[C@]4(O)[C@@H](O)[C@@H]2O. The molecule has 0 aromatic heterocycles. The largest absolute Gasteiger partial charge is 0.392 e. The normalized spacial score (nSPS) is 66.1. The van der Waals surface area contributed by atoms with Crippen LogP contribution in [-0.2, 0) is 14.2 Å². The second-order valence-electron chi connectivity index (χ2n) is 11.9. The monoisotopic (exact) mass is 487 g/mol. The number of hydrogen-bond donors (Lipinski definition) is 7. The van der Waals surface area contributed by atoms with Gasteiger partial charge in [-0.25, -0.2) is 0 Å². The van der Waals surface area contributed by atoms with E-state index in [0.29, 0.717) is 6.54 Å². The minimum Gasteiger partial charge on any atom is -0.392 e. The van der Waals surface area contributed by atoms with E-state index in [1.165, 1.54) is 14.2 Å². The first kappa shape index (κ1) is 23.9. The Kier molecular flexibility index (Phi) is 4.72. The predicted octanol–water partition coefficient (Wildman–Crippen LogP) is -3.72. The van der Waals surface area contributed by atoms with Crippen LogP contribution in [0.2, 0.25) is 0 Å². The number of fused-ring (bicyclic) bond motifs is 2. The van der Waals surface area contributed by atoms with Crippen LogP contribution in [0.25, 0.3) is 0 Å². The van der Waals surface area contributed by atoms with Crippen LogP contribution in [-0.4, -0.2) is 142 Å². The number of aliphatic hydroxyl groups is 7. The quantitative estimate of drug-likeness (QED) is 0.208. The lowest BCUT2D eigenvalue weighted by molar-refractivity contribution is -0.352. The molecule has 11 heteroatoms. The topological polar surface area (TPSA) is 173 Å². The summed E-state index contributed by atoms with van der Waals surface area (Å²) in [5.74, 6) is -2.82. The van der Waals surface area contributed by atoms with E-state index in [1.54, 1.807) is 7.11 Å². The molecule has 1 aliphatic heterocycles. The van der Waals surface area contributed by atoms with Gasteiger partial charge < -0.3 is 54.9 Å². The lowest BCUT2D eigenvalue weighted by Gasteiger charge is -2.71. The van der Waals surface area contributed by atoms with E-state index in [9.17, 15) is 35.7 Å². The standard InChI is InChI=1S/C23H37NO10/c1-24-7-19(8-32-2)9(25)5-10(33-3)22-13(19)12(34-4)11(15(22)24)23(31)14-16(26)20(29,6-21(14,22)30)17(27)18(23)28/h9-18,25-31H,5-8H2,1-4H3/t9-,10+,11+,12+,13-,14+,15?,16-,17+,18+,19+,20-,21+,22-,23+/m1/s1. The van der Waals surface area contributed by atoms with Crippen LogP contribution in [0, 0.1) is 28.6 Å². The van der Waals surface area contributed by atoms with E-state index in [2.05, 4.69) is 0 Å². The molecule has 6 rings (SSSR count). The first-order valence-corrected chi connectivity index (χ1v) is 12.0. The molecule has 0 aromatic rings. The summed E-state index contributed by atoms with van der Waals surface area (Å²) in [5.41, 5.74) is -8.47. The molecule has 34 heavy (non-hydrogen) atoms. The Labute approximate surface area is 197 Å². The zero-order valence-electron chi connectivity index (χ0n) is 19.9. The summed E-state index contributed by atoms with van der Waals surface area (Å²) in [6.45, 7) is 0.534. The van der Waals surface area contributed by atoms with Crippen LogP contribution in [0.4, 0.5) is 0 Å². The summed E-state index contributed by atoms with van der Waals surface area (Å²) in [6.07, 6.45) is -8.06. The summed E-state index contributed by atoms with van der Waals surface area (Å²) in [5, 5.41) is 81.5. The number of methoxy groups -OCH3 is 3. The van der Waals surface area contributed by atoms with Gasteiger partial charge >= 0.3 is 0 Å². The summed E-state index contributed by atoms with van der Waals surface area (Å²) < 4.78 is 17.6. The fraction of sp³-hybridized carbons (Fsp3) is 1.00. The predicted molar refractivity (Wildman–Crippen MR) is 113 cm³/mol. The van der Waals surface area contributed by atoms with Crippen LogP contribution in [0.1, 0.15) is 12.8 Å². The Morgan fingerprint density at radius 2 is 1.59 bits per heavy atom. The van der Waals surface area contributed by atoms with Crippen molar-refractivity contribution in [3.8, 4) is 0 Å². The Hall–Kier alpha value is -0.440. The van der Waals surface area contributed by atoms with Gasteiger partial charge in [-0.05, 0) is 7.05 Å². The van der Waals surface area contributed by atoms with Crippen molar-refractivity contribution in [2.45, 2.75) is 72.3 Å². The second-order valence-corrected chi connectivity index (χ2v) is 11.9. The third-order valence-corrected chi connectivity index (χ3v) is 11.2. The zero-order chi connectivity index (χ0) is 24.8. The van der Waals surface area contributed by atoms with Gasteiger partial charge in [-0.2, -0.15) is 0 Å². The minimum absolute atomic E-state index is 0.151. The van der Waals surface area contributed by atoms with Crippen molar-refractivity contribution in [1.29, 1.82) is 0 Å². The highest BCUT2D eigenvalue weighted by molar-refractivity contribution is 5.44. The molecule has 7 N–H and O–H groups in total. The summed E-state index contributed by atoms with van der Waals surface area (Å²) in [6, 6.07) is -0.592. The third kappa shape index (κ3) is 1.99. The molecule has 7 bridgehead atoms. The van der Waals surface area contributed by atoms with Crippen LogP contribution >= 0.6 is 0 Å². The zero-order valence-corrected chi connectivity index (χ0v) is 19.9. The van der Waals surface area contributed by atoms with Gasteiger partial charge in [-0.3, -0.25) is 0 Å². The van der Waals surface area contributed by atoms with E-state index in [0.717, 1.165) is 0 Å².